The molecule has 1 amide bonds. The van der Waals surface area contributed by atoms with E-state index in [4.69, 9.17) is 0 Å². The zero-order chi connectivity index (χ0) is 20.8. The summed E-state index contributed by atoms with van der Waals surface area (Å²) in [6.45, 7) is 0. The van der Waals surface area contributed by atoms with Gasteiger partial charge in [-0.25, -0.2) is 4.98 Å². The average Bonchev–Trinajstić information content (AvgIpc) is 3.25. The lowest BCUT2D eigenvalue weighted by Crippen LogP contribution is -2.11. The number of rotatable bonds is 6. The van der Waals surface area contributed by atoms with Crippen molar-refractivity contribution >= 4 is 50.2 Å². The maximum Gasteiger partial charge on any atom is 0.255 e. The van der Waals surface area contributed by atoms with Gasteiger partial charge in [-0.3, -0.25) is 10.2 Å². The number of carbonyl (C=O) groups excluding carboxylic acids is 1. The molecular weight excluding hydrogens is 460 g/mol. The monoisotopic (exact) mass is 476 g/mol. The van der Waals surface area contributed by atoms with Crippen molar-refractivity contribution in [1.29, 1.82) is 0 Å². The molecule has 30 heavy (non-hydrogen) atoms. The van der Waals surface area contributed by atoms with Crippen LogP contribution in [0.4, 0.5) is 10.8 Å². The second kappa shape index (κ2) is 9.47. The number of anilines is 2. The molecule has 5 nitrogen and oxygen atoms in total. The van der Waals surface area contributed by atoms with Gasteiger partial charge < -0.3 is 5.32 Å². The third-order valence-corrected chi connectivity index (χ3v) is 5.50. The fraction of sp³-hybridized carbons (Fsp3) is 0. The lowest BCUT2D eigenvalue weighted by atomic mass is 10.1. The van der Waals surface area contributed by atoms with Gasteiger partial charge in [0.05, 0.1) is 11.9 Å². The van der Waals surface area contributed by atoms with Crippen LogP contribution in [0.2, 0.25) is 0 Å². The van der Waals surface area contributed by atoms with Gasteiger partial charge in [-0.05, 0) is 42.0 Å². The van der Waals surface area contributed by atoms with Crippen molar-refractivity contribution in [2.24, 2.45) is 5.10 Å². The van der Waals surface area contributed by atoms with Crippen LogP contribution in [0.3, 0.4) is 0 Å². The van der Waals surface area contributed by atoms with Crippen LogP contribution in [-0.2, 0) is 0 Å². The Morgan fingerprint density at radius 3 is 2.43 bits per heavy atom. The number of halogens is 1. The molecule has 0 saturated heterocycles. The minimum absolute atomic E-state index is 0.132. The first kappa shape index (κ1) is 20.0. The Balaban J connectivity index is 1.37. The van der Waals surface area contributed by atoms with E-state index in [-0.39, 0.29) is 5.91 Å². The number of thiazole rings is 1. The van der Waals surface area contributed by atoms with Crippen LogP contribution < -0.4 is 10.7 Å². The lowest BCUT2D eigenvalue weighted by molar-refractivity contribution is 0.102. The predicted octanol–water partition coefficient (Wildman–Crippen LogP) is 6.27. The van der Waals surface area contributed by atoms with E-state index in [9.17, 15) is 4.79 Å². The van der Waals surface area contributed by atoms with Crippen molar-refractivity contribution < 1.29 is 4.79 Å². The lowest BCUT2D eigenvalue weighted by Gasteiger charge is -2.06. The summed E-state index contributed by atoms with van der Waals surface area (Å²) >= 11 is 4.89. The number of hydrogen-bond donors (Lipinski definition) is 2. The number of amides is 1. The molecule has 7 heteroatoms. The highest BCUT2D eigenvalue weighted by Crippen LogP contribution is 2.26. The highest BCUT2D eigenvalue weighted by Gasteiger charge is 2.07. The predicted molar refractivity (Wildman–Crippen MR) is 127 cm³/mol. The minimum Gasteiger partial charge on any atom is -0.322 e. The Morgan fingerprint density at radius 1 is 0.967 bits per heavy atom. The number of hydrazone groups is 1. The molecule has 4 aromatic rings. The van der Waals surface area contributed by atoms with Crippen LogP contribution in [0.25, 0.3) is 11.3 Å². The van der Waals surface area contributed by atoms with Gasteiger partial charge in [0.2, 0.25) is 5.13 Å². The molecular formula is C23H17BrN4OS. The van der Waals surface area contributed by atoms with Gasteiger partial charge in [0.25, 0.3) is 5.91 Å². The van der Waals surface area contributed by atoms with E-state index in [2.05, 4.69) is 36.8 Å². The van der Waals surface area contributed by atoms with Gasteiger partial charge in [0, 0.05) is 26.7 Å². The van der Waals surface area contributed by atoms with Gasteiger partial charge in [0.15, 0.2) is 0 Å². The number of benzene rings is 3. The number of aromatic nitrogens is 1. The fourth-order valence-electron chi connectivity index (χ4n) is 2.69. The van der Waals surface area contributed by atoms with E-state index >= 15 is 0 Å². The number of hydrogen-bond acceptors (Lipinski definition) is 5. The van der Waals surface area contributed by atoms with Crippen LogP contribution in [-0.4, -0.2) is 17.1 Å². The summed E-state index contributed by atoms with van der Waals surface area (Å²) in [5.41, 5.74) is 7.14. The zero-order valence-electron chi connectivity index (χ0n) is 15.7. The van der Waals surface area contributed by atoms with Gasteiger partial charge in [-0.2, -0.15) is 5.10 Å². The number of nitrogens with zero attached hydrogens (tertiary/aromatic N) is 2. The molecule has 0 spiro atoms. The van der Waals surface area contributed by atoms with E-state index in [1.807, 2.05) is 72.1 Å². The summed E-state index contributed by atoms with van der Waals surface area (Å²) in [6, 6.07) is 24.6. The summed E-state index contributed by atoms with van der Waals surface area (Å²) in [7, 11) is 0. The Labute approximate surface area is 186 Å². The summed E-state index contributed by atoms with van der Waals surface area (Å²) < 4.78 is 1.03. The van der Waals surface area contributed by atoms with Crippen LogP contribution in [0, 0.1) is 0 Å². The molecule has 1 heterocycles. The minimum atomic E-state index is -0.132. The Kier molecular flexibility index (Phi) is 6.32. The summed E-state index contributed by atoms with van der Waals surface area (Å²) in [5, 5.41) is 9.81. The van der Waals surface area contributed by atoms with E-state index in [1.165, 1.54) is 11.3 Å². The highest BCUT2D eigenvalue weighted by molar-refractivity contribution is 9.10. The van der Waals surface area contributed by atoms with Gasteiger partial charge in [-0.15, -0.1) is 11.3 Å². The molecule has 3 aromatic carbocycles. The first-order valence-electron chi connectivity index (χ1n) is 9.14. The Morgan fingerprint density at radius 2 is 1.70 bits per heavy atom. The molecule has 4 rings (SSSR count). The van der Waals surface area contributed by atoms with Crippen molar-refractivity contribution in [2.45, 2.75) is 0 Å². The van der Waals surface area contributed by atoms with E-state index in [1.54, 1.807) is 18.3 Å². The molecule has 0 aliphatic carbocycles. The molecule has 0 atom stereocenters. The second-order valence-electron chi connectivity index (χ2n) is 6.36. The first-order chi connectivity index (χ1) is 14.7. The Hall–Kier alpha value is -3.29. The van der Waals surface area contributed by atoms with Crippen molar-refractivity contribution in [3.05, 3.63) is 99.8 Å². The molecule has 0 fully saturated rings. The zero-order valence-corrected chi connectivity index (χ0v) is 18.2. The summed E-state index contributed by atoms with van der Waals surface area (Å²) in [6.07, 6.45) is 1.75. The number of carbonyl (C=O) groups is 1. The van der Waals surface area contributed by atoms with Crippen molar-refractivity contribution in [3.8, 4) is 11.3 Å². The molecule has 0 aliphatic rings. The molecule has 0 saturated carbocycles. The van der Waals surface area contributed by atoms with Crippen molar-refractivity contribution in [3.63, 3.8) is 0 Å². The topological polar surface area (TPSA) is 66.4 Å². The molecule has 0 unspecified atom stereocenters. The molecule has 148 valence electrons. The second-order valence-corrected chi connectivity index (χ2v) is 8.13. The molecule has 2 N–H and O–H groups in total. The van der Waals surface area contributed by atoms with E-state index in [0.717, 1.165) is 27.0 Å². The maximum absolute atomic E-state index is 12.2. The van der Waals surface area contributed by atoms with Gasteiger partial charge in [-0.1, -0.05) is 58.4 Å². The van der Waals surface area contributed by atoms with Crippen LogP contribution >= 0.6 is 27.3 Å². The largest absolute Gasteiger partial charge is 0.322 e. The van der Waals surface area contributed by atoms with Gasteiger partial charge in [0.1, 0.15) is 0 Å². The SMILES string of the molecule is O=C(Nc1ccc(-c2csc(N/N=C/c3ccc(Br)cc3)n2)cc1)c1ccccc1. The Bertz CT molecular complexity index is 1160. The summed E-state index contributed by atoms with van der Waals surface area (Å²) in [5.74, 6) is -0.132. The molecule has 1 aromatic heterocycles. The fourth-order valence-corrected chi connectivity index (χ4v) is 3.62. The van der Waals surface area contributed by atoms with E-state index < -0.39 is 0 Å². The maximum atomic E-state index is 12.2. The van der Waals surface area contributed by atoms with Crippen LogP contribution in [0.15, 0.2) is 93.8 Å². The van der Waals surface area contributed by atoms with Gasteiger partial charge >= 0.3 is 0 Å². The third-order valence-electron chi connectivity index (χ3n) is 4.22. The van der Waals surface area contributed by atoms with E-state index in [0.29, 0.717) is 10.7 Å². The van der Waals surface area contributed by atoms with Crippen LogP contribution in [0.1, 0.15) is 15.9 Å². The van der Waals surface area contributed by atoms with Crippen molar-refractivity contribution in [2.75, 3.05) is 10.7 Å². The number of nitrogens with one attached hydrogen (secondary N) is 2. The quantitative estimate of drug-likeness (QED) is 0.254. The summed E-state index contributed by atoms with van der Waals surface area (Å²) in [4.78, 5) is 16.8. The molecule has 0 bridgehead atoms. The molecule has 0 radical (unpaired) electrons. The van der Waals surface area contributed by atoms with Crippen LogP contribution in [0.5, 0.6) is 0 Å². The smallest absolute Gasteiger partial charge is 0.255 e. The highest BCUT2D eigenvalue weighted by atomic mass is 79.9. The normalized spacial score (nSPS) is 10.8. The van der Waals surface area contributed by atoms with Crippen molar-refractivity contribution in [1.82, 2.24) is 4.98 Å². The molecule has 0 aliphatic heterocycles. The standard InChI is InChI=1S/C23H17BrN4OS/c24-19-10-6-16(7-11-19)14-25-28-23-27-21(15-30-23)17-8-12-20(13-9-17)26-22(29)18-4-2-1-3-5-18/h1-15H,(H,26,29)(H,27,28)/b25-14+. The first-order valence-corrected chi connectivity index (χ1v) is 10.8. The average molecular weight is 477 g/mol. The third kappa shape index (κ3) is 5.20.